The summed E-state index contributed by atoms with van der Waals surface area (Å²) in [6.07, 6.45) is 6.02. The molecular weight excluding hydrogens is 380 g/mol. The van der Waals surface area contributed by atoms with E-state index in [-0.39, 0.29) is 17.2 Å². The highest BCUT2D eigenvalue weighted by Gasteiger charge is 2.45. The highest BCUT2D eigenvalue weighted by Crippen LogP contribution is 2.41. The molecule has 2 aliphatic rings. The summed E-state index contributed by atoms with van der Waals surface area (Å²) in [5.41, 5.74) is 1.73. The maximum atomic E-state index is 13.4. The number of carbonyl (C=O) groups is 2. The molecule has 1 N–H and O–H groups in total. The van der Waals surface area contributed by atoms with E-state index < -0.39 is 6.04 Å². The van der Waals surface area contributed by atoms with Gasteiger partial charge in [-0.3, -0.25) is 9.59 Å². The lowest BCUT2D eigenvalue weighted by Gasteiger charge is -2.35. The fourth-order valence-corrected chi connectivity index (χ4v) is 6.04. The van der Waals surface area contributed by atoms with Gasteiger partial charge in [0.05, 0.1) is 5.37 Å². The normalized spacial score (nSPS) is 22.4. The summed E-state index contributed by atoms with van der Waals surface area (Å²) in [5.74, 6) is 1.07. The molecule has 1 aliphatic carbocycles. The third-order valence-electron chi connectivity index (χ3n) is 5.96. The Labute approximate surface area is 177 Å². The molecule has 2 aromatic carbocycles. The van der Waals surface area contributed by atoms with E-state index in [1.165, 1.54) is 19.3 Å². The molecule has 2 amide bonds. The van der Waals surface area contributed by atoms with Crippen molar-refractivity contribution in [1.29, 1.82) is 0 Å². The smallest absolute Gasteiger partial charge is 0.255 e. The first-order chi connectivity index (χ1) is 14.2. The van der Waals surface area contributed by atoms with Gasteiger partial charge >= 0.3 is 0 Å². The highest BCUT2D eigenvalue weighted by molar-refractivity contribution is 8.00. The number of hydrogen-bond acceptors (Lipinski definition) is 3. The van der Waals surface area contributed by atoms with Gasteiger partial charge in [0, 0.05) is 17.9 Å². The SMILES string of the molecule is O=C(NCc1ccccc1)[C@H]1CS[C@H](C2CCCCC2)N1C(=O)c1ccccc1. The van der Waals surface area contributed by atoms with Crippen molar-refractivity contribution in [2.75, 3.05) is 5.75 Å². The molecule has 5 heteroatoms. The number of nitrogens with one attached hydrogen (secondary N) is 1. The predicted octanol–water partition coefficient (Wildman–Crippen LogP) is 4.47. The Hall–Kier alpha value is -2.27. The Morgan fingerprint density at radius 1 is 0.931 bits per heavy atom. The number of amides is 2. The minimum atomic E-state index is -0.414. The first kappa shape index (κ1) is 20.0. The lowest BCUT2D eigenvalue weighted by atomic mass is 9.88. The lowest BCUT2D eigenvalue weighted by molar-refractivity contribution is -0.125. The number of benzene rings is 2. The second-order valence-electron chi connectivity index (χ2n) is 7.92. The van der Waals surface area contributed by atoms with Crippen LogP contribution in [0.1, 0.15) is 48.0 Å². The van der Waals surface area contributed by atoms with E-state index in [9.17, 15) is 9.59 Å². The van der Waals surface area contributed by atoms with Crippen LogP contribution in [0.3, 0.4) is 0 Å². The quantitative estimate of drug-likeness (QED) is 0.794. The fraction of sp³-hybridized carbons (Fsp3) is 0.417. The maximum absolute atomic E-state index is 13.4. The zero-order chi connectivity index (χ0) is 20.1. The molecule has 2 fully saturated rings. The van der Waals surface area contributed by atoms with Crippen molar-refractivity contribution in [2.24, 2.45) is 5.92 Å². The monoisotopic (exact) mass is 408 g/mol. The molecule has 0 bridgehead atoms. The summed E-state index contributed by atoms with van der Waals surface area (Å²) in [6.45, 7) is 0.488. The molecule has 2 aromatic rings. The van der Waals surface area contributed by atoms with Gasteiger partial charge in [-0.15, -0.1) is 11.8 Å². The molecule has 0 aromatic heterocycles. The molecule has 1 saturated carbocycles. The Kier molecular flexibility index (Phi) is 6.55. The largest absolute Gasteiger partial charge is 0.350 e. The molecule has 0 radical (unpaired) electrons. The van der Waals surface area contributed by atoms with Crippen molar-refractivity contribution >= 4 is 23.6 Å². The van der Waals surface area contributed by atoms with Gasteiger partial charge < -0.3 is 10.2 Å². The van der Waals surface area contributed by atoms with E-state index >= 15 is 0 Å². The number of carbonyl (C=O) groups excluding carboxylic acids is 2. The van der Waals surface area contributed by atoms with Gasteiger partial charge in [0.15, 0.2) is 0 Å². The molecule has 0 unspecified atom stereocenters. The molecule has 1 heterocycles. The summed E-state index contributed by atoms with van der Waals surface area (Å²) in [4.78, 5) is 28.4. The van der Waals surface area contributed by atoms with Crippen LogP contribution in [-0.2, 0) is 11.3 Å². The van der Waals surface area contributed by atoms with Gasteiger partial charge in [-0.05, 0) is 36.5 Å². The van der Waals surface area contributed by atoms with Crippen molar-refractivity contribution in [1.82, 2.24) is 10.2 Å². The van der Waals surface area contributed by atoms with Gasteiger partial charge in [0.25, 0.3) is 5.91 Å². The van der Waals surface area contributed by atoms with Crippen molar-refractivity contribution in [3.05, 3.63) is 71.8 Å². The number of thioether (sulfide) groups is 1. The van der Waals surface area contributed by atoms with Crippen LogP contribution in [0.25, 0.3) is 0 Å². The molecule has 152 valence electrons. The maximum Gasteiger partial charge on any atom is 0.255 e. The van der Waals surface area contributed by atoms with E-state index in [2.05, 4.69) is 5.32 Å². The minimum Gasteiger partial charge on any atom is -0.350 e. The van der Waals surface area contributed by atoms with E-state index in [4.69, 9.17) is 0 Å². The molecule has 1 saturated heterocycles. The standard InChI is InChI=1S/C24H28N2O2S/c27-22(25-16-18-10-4-1-5-11-18)21-17-29-24(20-14-8-3-9-15-20)26(21)23(28)19-12-6-2-7-13-19/h1-2,4-7,10-13,20-21,24H,3,8-9,14-17H2,(H,25,27)/t21-,24-/m1/s1. The Morgan fingerprint density at radius 2 is 1.59 bits per heavy atom. The van der Waals surface area contributed by atoms with E-state index in [0.29, 0.717) is 23.8 Å². The van der Waals surface area contributed by atoms with Crippen molar-refractivity contribution in [3.63, 3.8) is 0 Å². The molecule has 4 nitrogen and oxygen atoms in total. The average molecular weight is 409 g/mol. The topological polar surface area (TPSA) is 49.4 Å². The minimum absolute atomic E-state index is 0.0222. The molecule has 29 heavy (non-hydrogen) atoms. The highest BCUT2D eigenvalue weighted by atomic mass is 32.2. The lowest BCUT2D eigenvalue weighted by Crippen LogP contribution is -2.51. The second kappa shape index (κ2) is 9.49. The molecule has 0 spiro atoms. The molecular formula is C24H28N2O2S. The molecule has 2 atom stereocenters. The number of hydrogen-bond donors (Lipinski definition) is 1. The summed E-state index contributed by atoms with van der Waals surface area (Å²) in [7, 11) is 0. The number of rotatable bonds is 5. The third-order valence-corrected chi connectivity index (χ3v) is 7.42. The Bertz CT molecular complexity index is 821. The van der Waals surface area contributed by atoms with Crippen LogP contribution in [-0.4, -0.2) is 33.9 Å². The summed E-state index contributed by atoms with van der Waals surface area (Å²) < 4.78 is 0. The molecule has 4 rings (SSSR count). The van der Waals surface area contributed by atoms with Crippen LogP contribution in [0.5, 0.6) is 0 Å². The van der Waals surface area contributed by atoms with Crippen LogP contribution in [0.2, 0.25) is 0 Å². The van der Waals surface area contributed by atoms with Gasteiger partial charge in [-0.2, -0.15) is 0 Å². The Morgan fingerprint density at radius 3 is 2.28 bits per heavy atom. The first-order valence-electron chi connectivity index (χ1n) is 10.5. The van der Waals surface area contributed by atoms with Crippen LogP contribution >= 0.6 is 11.8 Å². The third kappa shape index (κ3) is 4.67. The van der Waals surface area contributed by atoms with E-state index in [1.807, 2.05) is 65.6 Å². The zero-order valence-electron chi connectivity index (χ0n) is 16.6. The van der Waals surface area contributed by atoms with E-state index in [0.717, 1.165) is 18.4 Å². The van der Waals surface area contributed by atoms with Gasteiger partial charge in [-0.1, -0.05) is 67.8 Å². The number of nitrogens with zero attached hydrogens (tertiary/aromatic N) is 1. The van der Waals surface area contributed by atoms with Crippen LogP contribution < -0.4 is 5.32 Å². The Balaban J connectivity index is 1.52. The average Bonchev–Trinajstić information content (AvgIpc) is 3.24. The van der Waals surface area contributed by atoms with Crippen molar-refractivity contribution < 1.29 is 9.59 Å². The molecule has 1 aliphatic heterocycles. The van der Waals surface area contributed by atoms with E-state index in [1.54, 1.807) is 11.8 Å². The summed E-state index contributed by atoms with van der Waals surface area (Å²) >= 11 is 1.78. The van der Waals surface area contributed by atoms with Crippen LogP contribution in [0.4, 0.5) is 0 Å². The van der Waals surface area contributed by atoms with Crippen LogP contribution in [0, 0.1) is 5.92 Å². The zero-order valence-corrected chi connectivity index (χ0v) is 17.4. The summed E-state index contributed by atoms with van der Waals surface area (Å²) in [5, 5.41) is 3.15. The van der Waals surface area contributed by atoms with Crippen molar-refractivity contribution in [2.45, 2.75) is 50.1 Å². The van der Waals surface area contributed by atoms with Crippen molar-refractivity contribution in [3.8, 4) is 0 Å². The first-order valence-corrected chi connectivity index (χ1v) is 11.6. The van der Waals surface area contributed by atoms with Gasteiger partial charge in [0.2, 0.25) is 5.91 Å². The van der Waals surface area contributed by atoms with Gasteiger partial charge in [-0.25, -0.2) is 0 Å². The van der Waals surface area contributed by atoms with Crippen LogP contribution in [0.15, 0.2) is 60.7 Å². The fourth-order valence-electron chi connectivity index (χ4n) is 4.40. The summed E-state index contributed by atoms with van der Waals surface area (Å²) in [6, 6.07) is 18.9. The van der Waals surface area contributed by atoms with Gasteiger partial charge in [0.1, 0.15) is 6.04 Å². The second-order valence-corrected chi connectivity index (χ2v) is 9.07. The predicted molar refractivity (Wildman–Crippen MR) is 118 cm³/mol.